The van der Waals surface area contributed by atoms with Gasteiger partial charge in [0.2, 0.25) is 0 Å². The third-order valence-electron chi connectivity index (χ3n) is 3.71. The highest BCUT2D eigenvalue weighted by Gasteiger charge is 2.29. The number of hydrogen-bond donors (Lipinski definition) is 2. The first-order valence-electron chi connectivity index (χ1n) is 7.58. The maximum Gasteiger partial charge on any atom is 0.416 e. The van der Waals surface area contributed by atoms with Crippen molar-refractivity contribution in [2.45, 2.75) is 12.7 Å². The van der Waals surface area contributed by atoms with E-state index in [2.05, 4.69) is 15.6 Å². The van der Waals surface area contributed by atoms with E-state index in [-0.39, 0.29) is 6.54 Å². The fourth-order valence-corrected chi connectivity index (χ4v) is 2.57. The predicted molar refractivity (Wildman–Crippen MR) is 94.1 cm³/mol. The molecule has 0 fully saturated rings. The quantitative estimate of drug-likeness (QED) is 0.612. The monoisotopic (exact) mass is 379 g/mol. The molecule has 4 nitrogen and oxygen atoms in total. The first kappa shape index (κ1) is 18.0. The highest BCUT2D eigenvalue weighted by molar-refractivity contribution is 6.30. The van der Waals surface area contributed by atoms with Gasteiger partial charge in [-0.05, 0) is 29.8 Å². The molecule has 0 saturated carbocycles. The van der Waals surface area contributed by atoms with Crippen LogP contribution in [-0.2, 0) is 12.7 Å². The Morgan fingerprint density at radius 1 is 1.12 bits per heavy atom. The zero-order valence-electron chi connectivity index (χ0n) is 13.3. The molecule has 0 aliphatic heterocycles. The molecule has 8 heteroatoms. The van der Waals surface area contributed by atoms with Crippen LogP contribution in [-0.4, -0.2) is 11.0 Å². The summed E-state index contributed by atoms with van der Waals surface area (Å²) < 4.78 is 37.6. The summed E-state index contributed by atoms with van der Waals surface area (Å²) in [7, 11) is 0. The minimum Gasteiger partial charge on any atom is -0.334 e. The number of carbonyl (C=O) groups is 1. The van der Waals surface area contributed by atoms with E-state index in [9.17, 15) is 18.0 Å². The van der Waals surface area contributed by atoms with Gasteiger partial charge in [-0.1, -0.05) is 35.9 Å². The van der Waals surface area contributed by atoms with Crippen molar-refractivity contribution >= 4 is 34.1 Å². The molecule has 0 aliphatic rings. The summed E-state index contributed by atoms with van der Waals surface area (Å²) in [5.74, 6) is 0. The van der Waals surface area contributed by atoms with E-state index in [0.29, 0.717) is 16.4 Å². The van der Waals surface area contributed by atoms with Gasteiger partial charge in [0, 0.05) is 23.5 Å². The third-order valence-corrected chi connectivity index (χ3v) is 3.92. The molecule has 0 aliphatic carbocycles. The number of rotatable bonds is 3. The van der Waals surface area contributed by atoms with Crippen LogP contribution < -0.4 is 10.6 Å². The number of amides is 2. The van der Waals surface area contributed by atoms with Gasteiger partial charge in [-0.3, -0.25) is 0 Å². The van der Waals surface area contributed by atoms with Crippen molar-refractivity contribution in [3.63, 3.8) is 0 Å². The number of nitrogens with zero attached hydrogens (tertiary/aromatic N) is 1. The maximum absolute atomic E-state index is 12.5. The number of anilines is 1. The molecule has 1 aromatic heterocycles. The van der Waals surface area contributed by atoms with Crippen molar-refractivity contribution in [1.29, 1.82) is 0 Å². The molecule has 0 radical (unpaired) electrons. The largest absolute Gasteiger partial charge is 0.416 e. The molecule has 0 spiro atoms. The van der Waals surface area contributed by atoms with Gasteiger partial charge in [0.1, 0.15) is 5.15 Å². The van der Waals surface area contributed by atoms with Gasteiger partial charge < -0.3 is 10.6 Å². The molecule has 2 N–H and O–H groups in total. The molecule has 3 aromatic rings. The summed E-state index contributed by atoms with van der Waals surface area (Å²) >= 11 is 5.89. The lowest BCUT2D eigenvalue weighted by atomic mass is 10.1. The molecule has 2 aromatic carbocycles. The average molecular weight is 380 g/mol. The van der Waals surface area contributed by atoms with Gasteiger partial charge in [-0.2, -0.15) is 13.2 Å². The van der Waals surface area contributed by atoms with Crippen LogP contribution in [0, 0.1) is 0 Å². The molecule has 3 rings (SSSR count). The topological polar surface area (TPSA) is 54.0 Å². The molecule has 2 amide bonds. The van der Waals surface area contributed by atoms with E-state index in [0.717, 1.165) is 22.9 Å². The number of urea groups is 1. The van der Waals surface area contributed by atoms with Gasteiger partial charge in [0.05, 0.1) is 11.3 Å². The summed E-state index contributed by atoms with van der Waals surface area (Å²) in [6.45, 7) is 0.0943. The highest BCUT2D eigenvalue weighted by Crippen LogP contribution is 2.29. The molecule has 1 heterocycles. The van der Waals surface area contributed by atoms with Crippen molar-refractivity contribution in [3.8, 4) is 0 Å². The lowest BCUT2D eigenvalue weighted by Gasteiger charge is -2.11. The van der Waals surface area contributed by atoms with Crippen molar-refractivity contribution in [2.24, 2.45) is 0 Å². The standard InChI is InChI=1S/C18H13ClF3N3O/c19-16-8-14-12(10-23-16)2-1-3-15(14)25-17(26)24-9-11-4-6-13(7-5-11)18(20,21)22/h1-8,10H,9H2,(H2,24,25,26). The Bertz CT molecular complexity index is 943. The van der Waals surface area contributed by atoms with Crippen LogP contribution in [0.15, 0.2) is 54.7 Å². The molecule has 0 atom stereocenters. The molecular formula is C18H13ClF3N3O. The smallest absolute Gasteiger partial charge is 0.334 e. The summed E-state index contributed by atoms with van der Waals surface area (Å²) in [6, 6.07) is 11.1. The van der Waals surface area contributed by atoms with Crippen LogP contribution >= 0.6 is 11.6 Å². The number of nitrogens with one attached hydrogen (secondary N) is 2. The number of halogens is 4. The predicted octanol–water partition coefficient (Wildman–Crippen LogP) is 5.23. The normalized spacial score (nSPS) is 11.4. The molecule has 0 bridgehead atoms. The Hall–Kier alpha value is -2.80. The fraction of sp³-hybridized carbons (Fsp3) is 0.111. The van der Waals surface area contributed by atoms with E-state index < -0.39 is 17.8 Å². The average Bonchev–Trinajstić information content (AvgIpc) is 2.60. The Balaban J connectivity index is 1.65. The van der Waals surface area contributed by atoms with Crippen LogP contribution in [0.3, 0.4) is 0 Å². The maximum atomic E-state index is 12.5. The van der Waals surface area contributed by atoms with E-state index >= 15 is 0 Å². The number of aromatic nitrogens is 1. The first-order chi connectivity index (χ1) is 12.3. The number of benzene rings is 2. The number of carbonyl (C=O) groups excluding carboxylic acids is 1. The van der Waals surface area contributed by atoms with Crippen molar-refractivity contribution in [3.05, 3.63) is 71.0 Å². The molecule has 134 valence electrons. The minimum atomic E-state index is -4.38. The molecule has 0 saturated heterocycles. The second-order valence-electron chi connectivity index (χ2n) is 5.54. The van der Waals surface area contributed by atoms with Crippen LogP contribution in [0.5, 0.6) is 0 Å². The van der Waals surface area contributed by atoms with Gasteiger partial charge in [-0.15, -0.1) is 0 Å². The second kappa shape index (κ2) is 7.21. The zero-order chi connectivity index (χ0) is 18.7. The van der Waals surface area contributed by atoms with Crippen LogP contribution in [0.2, 0.25) is 5.15 Å². The Kier molecular flexibility index (Phi) is 4.99. The first-order valence-corrected chi connectivity index (χ1v) is 7.96. The van der Waals surface area contributed by atoms with Crippen molar-refractivity contribution in [2.75, 3.05) is 5.32 Å². The molecule has 0 unspecified atom stereocenters. The number of fused-ring (bicyclic) bond motifs is 1. The number of alkyl halides is 3. The highest BCUT2D eigenvalue weighted by atomic mass is 35.5. The second-order valence-corrected chi connectivity index (χ2v) is 5.92. The van der Waals surface area contributed by atoms with Gasteiger partial charge in [-0.25, -0.2) is 9.78 Å². The fourth-order valence-electron chi connectivity index (χ4n) is 2.41. The SMILES string of the molecule is O=C(NCc1ccc(C(F)(F)F)cc1)Nc1cccc2cnc(Cl)cc12. The van der Waals surface area contributed by atoms with E-state index in [1.165, 1.54) is 12.1 Å². The molecular weight excluding hydrogens is 367 g/mol. The number of pyridine rings is 1. The summed E-state index contributed by atoms with van der Waals surface area (Å²) in [4.78, 5) is 16.1. The Labute approximate surface area is 152 Å². The van der Waals surface area contributed by atoms with Gasteiger partial charge >= 0.3 is 12.2 Å². The lowest BCUT2D eigenvalue weighted by Crippen LogP contribution is -2.28. The number of hydrogen-bond acceptors (Lipinski definition) is 2. The lowest BCUT2D eigenvalue weighted by molar-refractivity contribution is -0.137. The molecule has 26 heavy (non-hydrogen) atoms. The van der Waals surface area contributed by atoms with Crippen molar-refractivity contribution < 1.29 is 18.0 Å². The minimum absolute atomic E-state index is 0.0943. The summed E-state index contributed by atoms with van der Waals surface area (Å²) in [6.07, 6.45) is -2.78. The Morgan fingerprint density at radius 2 is 1.85 bits per heavy atom. The zero-order valence-corrected chi connectivity index (χ0v) is 14.0. The van der Waals surface area contributed by atoms with Gasteiger partial charge in [0.15, 0.2) is 0 Å². The Morgan fingerprint density at radius 3 is 2.54 bits per heavy atom. The van der Waals surface area contributed by atoms with Crippen molar-refractivity contribution in [1.82, 2.24) is 10.3 Å². The summed E-state index contributed by atoms with van der Waals surface area (Å²) in [5, 5.41) is 7.16. The van der Waals surface area contributed by atoms with Gasteiger partial charge in [0.25, 0.3) is 0 Å². The van der Waals surface area contributed by atoms with Crippen LogP contribution in [0.4, 0.5) is 23.7 Å². The van der Waals surface area contributed by atoms with Crippen LogP contribution in [0.1, 0.15) is 11.1 Å². The van der Waals surface area contributed by atoms with Crippen LogP contribution in [0.25, 0.3) is 10.8 Å². The summed E-state index contributed by atoms with van der Waals surface area (Å²) in [5.41, 5.74) is 0.377. The van der Waals surface area contributed by atoms with E-state index in [4.69, 9.17) is 11.6 Å². The third kappa shape index (κ3) is 4.23. The van der Waals surface area contributed by atoms with E-state index in [1.54, 1.807) is 24.4 Å². The van der Waals surface area contributed by atoms with E-state index in [1.807, 2.05) is 6.07 Å².